The summed E-state index contributed by atoms with van der Waals surface area (Å²) in [5.41, 5.74) is 6.66. The second kappa shape index (κ2) is 4.44. The van der Waals surface area contributed by atoms with E-state index in [4.69, 9.17) is 5.73 Å². The van der Waals surface area contributed by atoms with Gasteiger partial charge in [0.2, 0.25) is 0 Å². The Hall–Kier alpha value is -1.69. The van der Waals surface area contributed by atoms with Crippen molar-refractivity contribution in [2.45, 2.75) is 20.3 Å². The number of hydrogen-bond acceptors (Lipinski definition) is 6. The van der Waals surface area contributed by atoms with Crippen LogP contribution in [0.25, 0.3) is 0 Å². The SMILES string of the molecule is CCc1nc(Nc2cncc(N)n2)sc1C. The highest BCUT2D eigenvalue weighted by atomic mass is 32.1. The fourth-order valence-electron chi connectivity index (χ4n) is 1.36. The Morgan fingerprint density at radius 3 is 2.81 bits per heavy atom. The van der Waals surface area contributed by atoms with Gasteiger partial charge in [-0.3, -0.25) is 4.98 Å². The largest absolute Gasteiger partial charge is 0.382 e. The lowest BCUT2D eigenvalue weighted by Gasteiger charge is -2.00. The first-order valence-electron chi connectivity index (χ1n) is 5.00. The lowest BCUT2D eigenvalue weighted by atomic mass is 10.3. The van der Waals surface area contributed by atoms with Crippen LogP contribution in [0, 0.1) is 6.92 Å². The van der Waals surface area contributed by atoms with Crippen molar-refractivity contribution in [3.63, 3.8) is 0 Å². The van der Waals surface area contributed by atoms with Crippen LogP contribution >= 0.6 is 11.3 Å². The van der Waals surface area contributed by atoms with Crippen molar-refractivity contribution in [2.24, 2.45) is 0 Å². The molecule has 2 heterocycles. The number of thiazole rings is 1. The first-order chi connectivity index (χ1) is 7.69. The molecule has 5 nitrogen and oxygen atoms in total. The van der Waals surface area contributed by atoms with E-state index in [0.717, 1.165) is 17.2 Å². The summed E-state index contributed by atoms with van der Waals surface area (Å²) in [6.45, 7) is 4.15. The highest BCUT2D eigenvalue weighted by Crippen LogP contribution is 2.24. The first-order valence-corrected chi connectivity index (χ1v) is 5.81. The maximum Gasteiger partial charge on any atom is 0.188 e. The smallest absolute Gasteiger partial charge is 0.188 e. The molecule has 0 aliphatic carbocycles. The molecule has 0 unspecified atom stereocenters. The van der Waals surface area contributed by atoms with E-state index >= 15 is 0 Å². The van der Waals surface area contributed by atoms with E-state index in [2.05, 4.69) is 34.1 Å². The van der Waals surface area contributed by atoms with Crippen LogP contribution in [0.2, 0.25) is 0 Å². The summed E-state index contributed by atoms with van der Waals surface area (Å²) in [6, 6.07) is 0. The van der Waals surface area contributed by atoms with Crippen molar-refractivity contribution in [1.82, 2.24) is 15.0 Å². The van der Waals surface area contributed by atoms with Crippen LogP contribution in [0.5, 0.6) is 0 Å². The monoisotopic (exact) mass is 235 g/mol. The molecule has 6 heteroatoms. The predicted molar refractivity (Wildman–Crippen MR) is 66.0 cm³/mol. The van der Waals surface area contributed by atoms with Gasteiger partial charge >= 0.3 is 0 Å². The molecule has 0 amide bonds. The number of nitrogens with one attached hydrogen (secondary N) is 1. The van der Waals surface area contributed by atoms with Crippen LogP contribution in [0.3, 0.4) is 0 Å². The number of anilines is 3. The van der Waals surface area contributed by atoms with Gasteiger partial charge in [-0.25, -0.2) is 9.97 Å². The molecule has 0 aliphatic heterocycles. The van der Waals surface area contributed by atoms with Crippen LogP contribution in [-0.4, -0.2) is 15.0 Å². The summed E-state index contributed by atoms with van der Waals surface area (Å²) in [7, 11) is 0. The fourth-order valence-corrected chi connectivity index (χ4v) is 2.27. The molecule has 0 bridgehead atoms. The lowest BCUT2D eigenvalue weighted by Crippen LogP contribution is -1.97. The van der Waals surface area contributed by atoms with Crippen molar-refractivity contribution in [3.05, 3.63) is 23.0 Å². The van der Waals surface area contributed by atoms with E-state index in [1.165, 1.54) is 11.1 Å². The molecule has 2 rings (SSSR count). The Morgan fingerprint density at radius 2 is 2.19 bits per heavy atom. The summed E-state index contributed by atoms with van der Waals surface area (Å²) < 4.78 is 0. The Labute approximate surface area is 97.8 Å². The molecule has 0 aromatic carbocycles. The number of aryl methyl sites for hydroxylation is 2. The number of nitrogen functional groups attached to an aromatic ring is 1. The molecular weight excluding hydrogens is 222 g/mol. The molecule has 0 fully saturated rings. The van der Waals surface area contributed by atoms with Crippen molar-refractivity contribution in [1.29, 1.82) is 0 Å². The van der Waals surface area contributed by atoms with Gasteiger partial charge < -0.3 is 11.1 Å². The number of rotatable bonds is 3. The minimum atomic E-state index is 0.397. The van der Waals surface area contributed by atoms with E-state index in [1.807, 2.05) is 0 Å². The molecule has 0 spiro atoms. The maximum atomic E-state index is 5.54. The van der Waals surface area contributed by atoms with Crippen LogP contribution in [0.4, 0.5) is 16.8 Å². The van der Waals surface area contributed by atoms with Crippen molar-refractivity contribution in [3.8, 4) is 0 Å². The zero-order chi connectivity index (χ0) is 11.5. The normalized spacial score (nSPS) is 10.4. The van der Waals surface area contributed by atoms with Crippen LogP contribution in [0.1, 0.15) is 17.5 Å². The first kappa shape index (κ1) is 10.8. The standard InChI is InChI=1S/C10H13N5S/c1-3-7-6(2)16-10(13-7)15-9-5-12-4-8(11)14-9/h4-5H,3H2,1-2H3,(H3,11,13,14,15). The fraction of sp³-hybridized carbons (Fsp3) is 0.300. The Kier molecular flexibility index (Phi) is 3.00. The van der Waals surface area contributed by atoms with Gasteiger partial charge in [-0.1, -0.05) is 6.92 Å². The zero-order valence-corrected chi connectivity index (χ0v) is 10.0. The number of aromatic nitrogens is 3. The average Bonchev–Trinajstić information content (AvgIpc) is 2.58. The number of nitrogens with two attached hydrogens (primary N) is 1. The van der Waals surface area contributed by atoms with E-state index in [0.29, 0.717) is 11.6 Å². The third-order valence-corrected chi connectivity index (χ3v) is 3.04. The summed E-state index contributed by atoms with van der Waals surface area (Å²) >= 11 is 1.61. The Balaban J connectivity index is 2.20. The molecule has 16 heavy (non-hydrogen) atoms. The number of nitrogens with zero attached hydrogens (tertiary/aromatic N) is 3. The minimum absolute atomic E-state index is 0.397. The van der Waals surface area contributed by atoms with Gasteiger partial charge in [-0.2, -0.15) is 0 Å². The maximum absolute atomic E-state index is 5.54. The summed E-state index contributed by atoms with van der Waals surface area (Å²) in [6.07, 6.45) is 4.07. The second-order valence-electron chi connectivity index (χ2n) is 3.33. The zero-order valence-electron chi connectivity index (χ0n) is 9.19. The van der Waals surface area contributed by atoms with Crippen molar-refractivity contribution >= 4 is 28.1 Å². The molecule has 0 atom stereocenters. The van der Waals surface area contributed by atoms with E-state index in [1.54, 1.807) is 17.5 Å². The lowest BCUT2D eigenvalue weighted by molar-refractivity contribution is 1.04. The van der Waals surface area contributed by atoms with Gasteiger partial charge in [0, 0.05) is 4.88 Å². The van der Waals surface area contributed by atoms with Gasteiger partial charge in [0.25, 0.3) is 0 Å². The molecule has 0 aliphatic rings. The second-order valence-corrected chi connectivity index (χ2v) is 4.53. The van der Waals surface area contributed by atoms with E-state index in [9.17, 15) is 0 Å². The highest BCUT2D eigenvalue weighted by molar-refractivity contribution is 7.15. The summed E-state index contributed by atoms with van der Waals surface area (Å²) in [4.78, 5) is 13.7. The van der Waals surface area contributed by atoms with Gasteiger partial charge in [-0.15, -0.1) is 11.3 Å². The molecular formula is C10H13N5S. The molecule has 0 saturated heterocycles. The minimum Gasteiger partial charge on any atom is -0.382 e. The molecule has 0 saturated carbocycles. The highest BCUT2D eigenvalue weighted by Gasteiger charge is 2.06. The Bertz CT molecular complexity index is 494. The quantitative estimate of drug-likeness (QED) is 0.852. The molecule has 2 aromatic rings. The predicted octanol–water partition coefficient (Wildman–Crippen LogP) is 2.13. The number of hydrogen-bond donors (Lipinski definition) is 2. The summed E-state index contributed by atoms with van der Waals surface area (Å²) in [5.74, 6) is 1.02. The van der Waals surface area contributed by atoms with Gasteiger partial charge in [0.1, 0.15) is 5.82 Å². The Morgan fingerprint density at radius 1 is 1.38 bits per heavy atom. The molecule has 3 N–H and O–H groups in total. The third-order valence-electron chi connectivity index (χ3n) is 2.12. The van der Waals surface area contributed by atoms with E-state index in [-0.39, 0.29) is 0 Å². The molecule has 2 aromatic heterocycles. The van der Waals surface area contributed by atoms with Gasteiger partial charge in [-0.05, 0) is 13.3 Å². The van der Waals surface area contributed by atoms with Crippen LogP contribution in [0.15, 0.2) is 12.4 Å². The van der Waals surface area contributed by atoms with Gasteiger partial charge in [0.15, 0.2) is 10.9 Å². The van der Waals surface area contributed by atoms with Crippen LogP contribution < -0.4 is 11.1 Å². The third kappa shape index (κ3) is 2.27. The molecule has 84 valence electrons. The van der Waals surface area contributed by atoms with Crippen molar-refractivity contribution < 1.29 is 0 Å². The average molecular weight is 235 g/mol. The van der Waals surface area contributed by atoms with Crippen LogP contribution in [-0.2, 0) is 6.42 Å². The van der Waals surface area contributed by atoms with Gasteiger partial charge in [0.05, 0.1) is 18.1 Å². The van der Waals surface area contributed by atoms with Crippen molar-refractivity contribution in [2.75, 3.05) is 11.1 Å². The summed E-state index contributed by atoms with van der Waals surface area (Å²) in [5, 5.41) is 3.92. The van der Waals surface area contributed by atoms with E-state index < -0.39 is 0 Å². The topological polar surface area (TPSA) is 76.7 Å². The molecule has 0 radical (unpaired) electrons.